The first-order valence-electron chi connectivity index (χ1n) is 9.19. The highest BCUT2D eigenvalue weighted by molar-refractivity contribution is 6.12. The monoisotopic (exact) mass is 442 g/mol. The predicted octanol–water partition coefficient (Wildman–Crippen LogP) is 5.19. The van der Waals surface area contributed by atoms with Crippen LogP contribution in [0.3, 0.4) is 0 Å². The highest BCUT2D eigenvalue weighted by Gasteiger charge is 2.38. The zero-order valence-corrected chi connectivity index (χ0v) is 16.4. The largest absolute Gasteiger partial charge is 0.490 e. The van der Waals surface area contributed by atoms with Gasteiger partial charge in [0.25, 0.3) is 5.91 Å². The van der Waals surface area contributed by atoms with Crippen molar-refractivity contribution in [3.8, 4) is 0 Å². The second-order valence-electron chi connectivity index (χ2n) is 6.45. The normalized spacial score (nSPS) is 10.7. The number of para-hydroxylation sites is 1. The summed E-state index contributed by atoms with van der Waals surface area (Å²) < 4.78 is 31.7. The number of halogens is 3. The molecule has 7 nitrogen and oxygen atoms in total. The van der Waals surface area contributed by atoms with Crippen LogP contribution in [0, 0.1) is 0 Å². The first-order chi connectivity index (χ1) is 15.2. The van der Waals surface area contributed by atoms with Gasteiger partial charge >= 0.3 is 12.1 Å². The molecule has 2 aromatic heterocycles. The predicted molar refractivity (Wildman–Crippen MR) is 114 cm³/mol. The van der Waals surface area contributed by atoms with Gasteiger partial charge < -0.3 is 20.7 Å². The summed E-state index contributed by atoms with van der Waals surface area (Å²) in [5.41, 5.74) is 4.17. The van der Waals surface area contributed by atoms with Crippen LogP contribution >= 0.6 is 0 Å². The van der Waals surface area contributed by atoms with E-state index in [1.54, 1.807) is 18.6 Å². The fourth-order valence-corrected chi connectivity index (χ4v) is 2.70. The van der Waals surface area contributed by atoms with E-state index < -0.39 is 12.1 Å². The van der Waals surface area contributed by atoms with Crippen LogP contribution in [0.15, 0.2) is 79.3 Å². The number of alkyl halides is 3. The minimum absolute atomic E-state index is 0.134. The number of pyridine rings is 1. The Labute approximate surface area is 179 Å². The zero-order chi connectivity index (χ0) is 23.1. The lowest BCUT2D eigenvalue weighted by atomic mass is 10.1. The molecule has 0 unspecified atom stereocenters. The fourth-order valence-electron chi connectivity index (χ4n) is 2.70. The van der Waals surface area contributed by atoms with Crippen molar-refractivity contribution in [1.29, 1.82) is 0 Å². The Balaban J connectivity index is 0.000000360. The van der Waals surface area contributed by atoms with E-state index in [0.29, 0.717) is 5.56 Å². The van der Waals surface area contributed by atoms with Gasteiger partial charge in [0.05, 0.1) is 17.4 Å². The van der Waals surface area contributed by atoms with Crippen molar-refractivity contribution in [2.24, 2.45) is 0 Å². The van der Waals surface area contributed by atoms with E-state index in [0.717, 1.165) is 28.0 Å². The zero-order valence-electron chi connectivity index (χ0n) is 16.4. The summed E-state index contributed by atoms with van der Waals surface area (Å²) in [6, 6.07) is 19.1. The number of aliphatic carboxylic acids is 1. The highest BCUT2D eigenvalue weighted by Crippen LogP contribution is 2.21. The van der Waals surface area contributed by atoms with Crippen molar-refractivity contribution < 1.29 is 27.9 Å². The molecule has 0 aliphatic heterocycles. The van der Waals surface area contributed by atoms with E-state index in [1.807, 2.05) is 60.7 Å². The third-order valence-electron chi connectivity index (χ3n) is 4.17. The molecular formula is C22H17F3N4O3. The van der Waals surface area contributed by atoms with Gasteiger partial charge in [0.2, 0.25) is 0 Å². The summed E-state index contributed by atoms with van der Waals surface area (Å²) in [5, 5.41) is 14.2. The number of carboxylic acid groups (broad SMARTS) is 1. The Morgan fingerprint density at radius 1 is 0.906 bits per heavy atom. The second kappa shape index (κ2) is 9.65. The van der Waals surface area contributed by atoms with E-state index in [4.69, 9.17) is 9.90 Å². The quantitative estimate of drug-likeness (QED) is 0.348. The Kier molecular flexibility index (Phi) is 6.74. The number of carbonyl (C=O) groups is 2. The molecule has 0 aliphatic carbocycles. The van der Waals surface area contributed by atoms with E-state index >= 15 is 0 Å². The number of aromatic nitrogens is 2. The maximum absolute atomic E-state index is 12.5. The second-order valence-corrected chi connectivity index (χ2v) is 6.45. The van der Waals surface area contributed by atoms with Gasteiger partial charge in [-0.3, -0.25) is 9.78 Å². The number of aromatic amines is 1. The molecule has 32 heavy (non-hydrogen) atoms. The number of benzene rings is 2. The van der Waals surface area contributed by atoms with Gasteiger partial charge in [0.15, 0.2) is 0 Å². The number of anilines is 3. The lowest BCUT2D eigenvalue weighted by Crippen LogP contribution is -2.21. The number of carboxylic acids is 1. The number of nitrogens with zero attached hydrogens (tertiary/aromatic N) is 1. The number of hydrogen-bond acceptors (Lipinski definition) is 4. The summed E-state index contributed by atoms with van der Waals surface area (Å²) in [6.45, 7) is 0. The van der Waals surface area contributed by atoms with Crippen LogP contribution in [0.2, 0.25) is 0 Å². The lowest BCUT2D eigenvalue weighted by Gasteiger charge is -2.08. The first kappa shape index (κ1) is 22.3. The molecule has 0 spiro atoms. The number of carbonyl (C=O) groups excluding carboxylic acids is 1. The number of hydrogen-bond donors (Lipinski definition) is 4. The Hall–Kier alpha value is -4.34. The van der Waals surface area contributed by atoms with Crippen molar-refractivity contribution in [3.63, 3.8) is 0 Å². The molecule has 0 radical (unpaired) electrons. The number of fused-ring (bicyclic) bond motifs is 1. The Morgan fingerprint density at radius 2 is 1.56 bits per heavy atom. The van der Waals surface area contributed by atoms with Gasteiger partial charge in [-0.05, 0) is 42.5 Å². The Morgan fingerprint density at radius 3 is 2.19 bits per heavy atom. The average molecular weight is 442 g/mol. The number of H-pyrrole nitrogens is 1. The van der Waals surface area contributed by atoms with Crippen LogP contribution in [-0.4, -0.2) is 33.1 Å². The Bertz CT molecular complexity index is 1210. The van der Waals surface area contributed by atoms with Crippen LogP contribution in [0.4, 0.5) is 30.2 Å². The molecule has 0 saturated heterocycles. The molecule has 4 aromatic rings. The molecule has 0 saturated carbocycles. The molecular weight excluding hydrogens is 425 g/mol. The summed E-state index contributed by atoms with van der Waals surface area (Å²) in [6.07, 6.45) is 0.138. The van der Waals surface area contributed by atoms with Crippen LogP contribution < -0.4 is 10.6 Å². The van der Waals surface area contributed by atoms with E-state index in [-0.39, 0.29) is 5.91 Å². The van der Waals surface area contributed by atoms with E-state index in [1.165, 1.54) is 0 Å². The molecule has 4 rings (SSSR count). The summed E-state index contributed by atoms with van der Waals surface area (Å²) in [4.78, 5) is 28.6. The molecule has 0 aliphatic rings. The van der Waals surface area contributed by atoms with Crippen LogP contribution in [0.1, 0.15) is 10.4 Å². The number of amides is 1. The van der Waals surface area contributed by atoms with E-state index in [2.05, 4.69) is 20.6 Å². The van der Waals surface area contributed by atoms with Crippen molar-refractivity contribution in [2.45, 2.75) is 6.18 Å². The molecule has 2 aromatic carbocycles. The van der Waals surface area contributed by atoms with Crippen molar-refractivity contribution >= 4 is 39.8 Å². The minimum Gasteiger partial charge on any atom is -0.475 e. The highest BCUT2D eigenvalue weighted by atomic mass is 19.4. The minimum atomic E-state index is -5.08. The molecule has 0 fully saturated rings. The van der Waals surface area contributed by atoms with Gasteiger partial charge in [0.1, 0.15) is 0 Å². The standard InChI is InChI=1S/C20H16N4O.C2HF3O2/c25-20(18-13-22-19-6-2-1-5-17(18)19)24-15-9-7-14(8-10-15)23-16-4-3-11-21-12-16;3-2(4,5)1(6)7/h1-13,22-23H,(H,24,25);(H,6,7). The topological polar surface area (TPSA) is 107 Å². The number of rotatable bonds is 4. The smallest absolute Gasteiger partial charge is 0.475 e. The third-order valence-corrected chi connectivity index (χ3v) is 4.17. The summed E-state index contributed by atoms with van der Waals surface area (Å²) >= 11 is 0. The van der Waals surface area contributed by atoms with Gasteiger partial charge in [-0.25, -0.2) is 4.79 Å². The molecule has 0 atom stereocenters. The van der Waals surface area contributed by atoms with Crippen LogP contribution in [0.5, 0.6) is 0 Å². The molecule has 4 N–H and O–H groups in total. The first-order valence-corrected chi connectivity index (χ1v) is 9.19. The molecule has 1 amide bonds. The molecule has 2 heterocycles. The summed E-state index contributed by atoms with van der Waals surface area (Å²) in [5.74, 6) is -2.89. The van der Waals surface area contributed by atoms with Crippen molar-refractivity contribution in [2.75, 3.05) is 10.6 Å². The average Bonchev–Trinajstić information content (AvgIpc) is 3.20. The van der Waals surface area contributed by atoms with Crippen molar-refractivity contribution in [3.05, 3.63) is 84.8 Å². The maximum Gasteiger partial charge on any atom is 0.490 e. The van der Waals surface area contributed by atoms with E-state index in [9.17, 15) is 18.0 Å². The molecule has 0 bridgehead atoms. The van der Waals surface area contributed by atoms with Gasteiger partial charge in [-0.2, -0.15) is 13.2 Å². The lowest BCUT2D eigenvalue weighted by molar-refractivity contribution is -0.192. The molecule has 10 heteroatoms. The SMILES string of the molecule is O=C(Nc1ccc(Nc2cccnc2)cc1)c1c[nH]c2ccccc12.O=C(O)C(F)(F)F. The fraction of sp³-hybridized carbons (Fsp3) is 0.0455. The van der Waals surface area contributed by atoms with Gasteiger partial charge in [-0.1, -0.05) is 18.2 Å². The molecule has 164 valence electrons. The third kappa shape index (κ3) is 5.85. The maximum atomic E-state index is 12.5. The summed E-state index contributed by atoms with van der Waals surface area (Å²) in [7, 11) is 0. The van der Waals surface area contributed by atoms with Crippen LogP contribution in [0.25, 0.3) is 10.9 Å². The number of nitrogens with one attached hydrogen (secondary N) is 3. The van der Waals surface area contributed by atoms with Gasteiger partial charge in [-0.15, -0.1) is 0 Å². The van der Waals surface area contributed by atoms with Crippen LogP contribution in [-0.2, 0) is 4.79 Å². The van der Waals surface area contributed by atoms with Gasteiger partial charge in [0, 0.05) is 34.7 Å². The van der Waals surface area contributed by atoms with Crippen molar-refractivity contribution in [1.82, 2.24) is 9.97 Å².